The van der Waals surface area contributed by atoms with Crippen LogP contribution in [0.15, 0.2) is 40.9 Å². The van der Waals surface area contributed by atoms with Gasteiger partial charge in [0, 0.05) is 11.6 Å². The monoisotopic (exact) mass is 189 g/mol. The lowest BCUT2D eigenvalue weighted by Gasteiger charge is -1.91. The molecule has 0 aliphatic rings. The van der Waals surface area contributed by atoms with Crippen molar-refractivity contribution in [3.63, 3.8) is 0 Å². The fourth-order valence-corrected chi connectivity index (χ4v) is 1.24. The lowest BCUT2D eigenvalue weighted by Crippen LogP contribution is -2.20. The molecule has 0 atom stereocenters. The Labute approximate surface area is 81.7 Å². The van der Waals surface area contributed by atoms with E-state index in [1.165, 1.54) is 0 Å². The molecule has 2 rings (SSSR count). The molecule has 0 aliphatic carbocycles. The Morgan fingerprint density at radius 1 is 1.29 bits per heavy atom. The van der Waals surface area contributed by atoms with Gasteiger partial charge in [0.25, 0.3) is 0 Å². The zero-order valence-corrected chi connectivity index (χ0v) is 7.60. The Balaban J connectivity index is 2.25. The first-order valence-electron chi connectivity index (χ1n) is 4.34. The van der Waals surface area contributed by atoms with Crippen molar-refractivity contribution in [1.29, 1.82) is 0 Å². The van der Waals surface area contributed by atoms with Gasteiger partial charge in [0.1, 0.15) is 0 Å². The standard InChI is InChI=1S/C10H11N3O/c11-12-7-9-6-10(14-13-9)8-4-2-1-3-5-8/h1-6,12H,7,11H2. The van der Waals surface area contributed by atoms with E-state index in [0.717, 1.165) is 17.0 Å². The van der Waals surface area contributed by atoms with Gasteiger partial charge in [0.2, 0.25) is 0 Å². The Hall–Kier alpha value is -1.65. The molecule has 4 heteroatoms. The second-order valence-electron chi connectivity index (χ2n) is 2.93. The summed E-state index contributed by atoms with van der Waals surface area (Å²) in [5.41, 5.74) is 4.34. The smallest absolute Gasteiger partial charge is 0.167 e. The molecule has 4 nitrogen and oxygen atoms in total. The van der Waals surface area contributed by atoms with Gasteiger partial charge in [-0.25, -0.2) is 0 Å². The predicted molar refractivity (Wildman–Crippen MR) is 53.0 cm³/mol. The lowest BCUT2D eigenvalue weighted by molar-refractivity contribution is 0.420. The summed E-state index contributed by atoms with van der Waals surface area (Å²) in [4.78, 5) is 0. The van der Waals surface area contributed by atoms with Crippen LogP contribution in [-0.4, -0.2) is 5.16 Å². The second-order valence-corrected chi connectivity index (χ2v) is 2.93. The summed E-state index contributed by atoms with van der Waals surface area (Å²) in [6.45, 7) is 0.510. The minimum atomic E-state index is 0.510. The van der Waals surface area contributed by atoms with Gasteiger partial charge in [-0.05, 0) is 0 Å². The van der Waals surface area contributed by atoms with Crippen molar-refractivity contribution in [1.82, 2.24) is 10.6 Å². The van der Waals surface area contributed by atoms with Gasteiger partial charge < -0.3 is 4.52 Å². The van der Waals surface area contributed by atoms with Crippen molar-refractivity contribution in [2.24, 2.45) is 5.84 Å². The molecule has 2 aromatic rings. The van der Waals surface area contributed by atoms with E-state index >= 15 is 0 Å². The van der Waals surface area contributed by atoms with Gasteiger partial charge in [0.15, 0.2) is 5.76 Å². The number of nitrogens with zero attached hydrogens (tertiary/aromatic N) is 1. The van der Waals surface area contributed by atoms with Gasteiger partial charge in [-0.2, -0.15) is 0 Å². The van der Waals surface area contributed by atoms with Gasteiger partial charge in [-0.1, -0.05) is 35.5 Å². The molecule has 0 spiro atoms. The number of nitrogens with one attached hydrogen (secondary N) is 1. The van der Waals surface area contributed by atoms with Crippen LogP contribution >= 0.6 is 0 Å². The van der Waals surface area contributed by atoms with E-state index in [1.54, 1.807) is 0 Å². The molecule has 0 aliphatic heterocycles. The summed E-state index contributed by atoms with van der Waals surface area (Å²) in [6.07, 6.45) is 0. The number of hydrogen-bond donors (Lipinski definition) is 2. The highest BCUT2D eigenvalue weighted by molar-refractivity contribution is 5.56. The summed E-state index contributed by atoms with van der Waals surface area (Å²) in [5.74, 6) is 5.94. The second kappa shape index (κ2) is 4.04. The Morgan fingerprint density at radius 2 is 2.07 bits per heavy atom. The summed E-state index contributed by atoms with van der Waals surface area (Å²) < 4.78 is 5.16. The van der Waals surface area contributed by atoms with Crippen LogP contribution in [0.5, 0.6) is 0 Å². The first-order valence-corrected chi connectivity index (χ1v) is 4.34. The quantitative estimate of drug-likeness (QED) is 0.564. The van der Waals surface area contributed by atoms with Crippen molar-refractivity contribution in [3.05, 3.63) is 42.1 Å². The highest BCUT2D eigenvalue weighted by atomic mass is 16.5. The molecule has 0 saturated carbocycles. The summed E-state index contributed by atoms with van der Waals surface area (Å²) >= 11 is 0. The fraction of sp³-hybridized carbons (Fsp3) is 0.100. The number of rotatable bonds is 3. The molecule has 1 heterocycles. The van der Waals surface area contributed by atoms with Crippen molar-refractivity contribution in [2.45, 2.75) is 6.54 Å². The molecule has 0 saturated heterocycles. The molecular weight excluding hydrogens is 178 g/mol. The highest BCUT2D eigenvalue weighted by Crippen LogP contribution is 2.19. The van der Waals surface area contributed by atoms with E-state index in [2.05, 4.69) is 10.6 Å². The minimum absolute atomic E-state index is 0.510. The average molecular weight is 189 g/mol. The maximum Gasteiger partial charge on any atom is 0.167 e. The summed E-state index contributed by atoms with van der Waals surface area (Å²) in [7, 11) is 0. The number of benzene rings is 1. The van der Waals surface area contributed by atoms with Gasteiger partial charge in [-0.3, -0.25) is 11.3 Å². The van der Waals surface area contributed by atoms with Crippen molar-refractivity contribution in [2.75, 3.05) is 0 Å². The predicted octanol–water partition coefficient (Wildman–Crippen LogP) is 1.30. The third-order valence-electron chi connectivity index (χ3n) is 1.90. The van der Waals surface area contributed by atoms with Gasteiger partial charge >= 0.3 is 0 Å². The van der Waals surface area contributed by atoms with E-state index < -0.39 is 0 Å². The molecule has 0 amide bonds. The third kappa shape index (κ3) is 1.81. The molecule has 1 aromatic carbocycles. The van der Waals surface area contributed by atoms with E-state index in [0.29, 0.717) is 6.54 Å². The van der Waals surface area contributed by atoms with E-state index in [-0.39, 0.29) is 0 Å². The van der Waals surface area contributed by atoms with Gasteiger partial charge in [-0.15, -0.1) is 0 Å². The normalized spacial score (nSPS) is 10.4. The summed E-state index contributed by atoms with van der Waals surface area (Å²) in [5, 5.41) is 3.86. The number of hydrogen-bond acceptors (Lipinski definition) is 4. The average Bonchev–Trinajstić information content (AvgIpc) is 2.68. The molecule has 0 radical (unpaired) electrons. The van der Waals surface area contributed by atoms with E-state index in [9.17, 15) is 0 Å². The Bertz CT molecular complexity index is 397. The Morgan fingerprint density at radius 3 is 2.79 bits per heavy atom. The fourth-order valence-electron chi connectivity index (χ4n) is 1.24. The maximum absolute atomic E-state index is 5.18. The van der Waals surface area contributed by atoms with Crippen LogP contribution in [0, 0.1) is 0 Å². The number of aromatic nitrogens is 1. The zero-order valence-electron chi connectivity index (χ0n) is 7.60. The third-order valence-corrected chi connectivity index (χ3v) is 1.90. The largest absolute Gasteiger partial charge is 0.356 e. The topological polar surface area (TPSA) is 64.1 Å². The Kier molecular flexibility index (Phi) is 2.58. The SMILES string of the molecule is NNCc1cc(-c2ccccc2)on1. The molecule has 14 heavy (non-hydrogen) atoms. The van der Waals surface area contributed by atoms with E-state index in [1.807, 2.05) is 36.4 Å². The van der Waals surface area contributed by atoms with E-state index in [4.69, 9.17) is 10.4 Å². The molecule has 3 N–H and O–H groups in total. The van der Waals surface area contributed by atoms with Crippen molar-refractivity contribution < 1.29 is 4.52 Å². The molecular formula is C10H11N3O. The first kappa shape index (κ1) is 8.93. The molecule has 72 valence electrons. The maximum atomic E-state index is 5.18. The van der Waals surface area contributed by atoms with Crippen LogP contribution < -0.4 is 11.3 Å². The first-order chi connectivity index (χ1) is 6.90. The van der Waals surface area contributed by atoms with Crippen molar-refractivity contribution >= 4 is 0 Å². The van der Waals surface area contributed by atoms with Crippen LogP contribution in [0.25, 0.3) is 11.3 Å². The molecule has 0 bridgehead atoms. The van der Waals surface area contributed by atoms with Crippen LogP contribution in [0.1, 0.15) is 5.69 Å². The zero-order chi connectivity index (χ0) is 9.80. The summed E-state index contributed by atoms with van der Waals surface area (Å²) in [6, 6.07) is 11.7. The van der Waals surface area contributed by atoms with Crippen LogP contribution in [-0.2, 0) is 6.54 Å². The number of hydrazine groups is 1. The van der Waals surface area contributed by atoms with Crippen LogP contribution in [0.4, 0.5) is 0 Å². The van der Waals surface area contributed by atoms with Crippen LogP contribution in [0.3, 0.4) is 0 Å². The molecule has 0 unspecified atom stereocenters. The minimum Gasteiger partial charge on any atom is -0.356 e. The molecule has 0 fully saturated rings. The van der Waals surface area contributed by atoms with Crippen LogP contribution in [0.2, 0.25) is 0 Å². The van der Waals surface area contributed by atoms with Crippen molar-refractivity contribution in [3.8, 4) is 11.3 Å². The molecule has 1 aromatic heterocycles. The number of nitrogens with two attached hydrogens (primary N) is 1. The lowest BCUT2D eigenvalue weighted by atomic mass is 10.2. The highest BCUT2D eigenvalue weighted by Gasteiger charge is 2.04. The van der Waals surface area contributed by atoms with Gasteiger partial charge in [0.05, 0.1) is 12.2 Å².